The summed E-state index contributed by atoms with van der Waals surface area (Å²) in [7, 11) is 0. The highest BCUT2D eigenvalue weighted by Crippen LogP contribution is 2.43. The molecule has 0 saturated heterocycles. The van der Waals surface area contributed by atoms with Gasteiger partial charge in [0.2, 0.25) is 5.89 Å². The van der Waals surface area contributed by atoms with Crippen molar-refractivity contribution in [3.05, 3.63) is 231 Å². The molecule has 0 spiro atoms. The first-order valence-corrected chi connectivity index (χ1v) is 21.1. The molecule has 290 valence electrons. The summed E-state index contributed by atoms with van der Waals surface area (Å²) in [5.74, 6) is 0.616. The monoisotopic (exact) mass is 790 g/mol. The predicted molar refractivity (Wildman–Crippen MR) is 260 cm³/mol. The van der Waals surface area contributed by atoms with Crippen LogP contribution in [-0.4, -0.2) is 4.98 Å². The maximum Gasteiger partial charge on any atom is 0.227 e. The summed E-state index contributed by atoms with van der Waals surface area (Å²) in [5.41, 5.74) is 12.9. The topological polar surface area (TPSA) is 29.3 Å². The van der Waals surface area contributed by atoms with E-state index in [2.05, 4.69) is 229 Å². The van der Waals surface area contributed by atoms with Crippen LogP contribution in [0, 0.1) is 0 Å². The second-order valence-electron chi connectivity index (χ2n) is 15.9. The summed E-state index contributed by atoms with van der Waals surface area (Å²) in [4.78, 5) is 7.45. The van der Waals surface area contributed by atoms with Gasteiger partial charge in [-0.05, 0) is 126 Å². The molecule has 0 aliphatic heterocycles. The first-order valence-electron chi connectivity index (χ1n) is 21.1. The summed E-state index contributed by atoms with van der Waals surface area (Å²) >= 11 is 0. The first kappa shape index (κ1) is 35.7. The van der Waals surface area contributed by atoms with Crippen molar-refractivity contribution in [1.82, 2.24) is 4.98 Å². The zero-order valence-corrected chi connectivity index (χ0v) is 33.7. The van der Waals surface area contributed by atoms with E-state index in [0.717, 1.165) is 66.8 Å². The minimum absolute atomic E-state index is 0.616. The van der Waals surface area contributed by atoms with Crippen molar-refractivity contribution >= 4 is 71.3 Å². The van der Waals surface area contributed by atoms with Crippen LogP contribution in [0.15, 0.2) is 235 Å². The van der Waals surface area contributed by atoms with Crippen LogP contribution >= 0.6 is 0 Å². The molecule has 3 nitrogen and oxygen atoms in total. The standard InChI is InChI=1S/C59H38N2O/c1-2-12-39(13-3-1)42-22-24-44(25-23-42)59-60-57-38-56(53-20-10-11-21-55(53)58(57)62-59)54-35-34-50(51-18-8-9-19-52(51)54)43-28-30-47(31-29-43)61(48-32-26-40-14-4-6-16-45(40)36-48)49-33-27-41-15-5-7-17-46(41)37-49/h1-38H. The molecule has 0 unspecified atom stereocenters. The Morgan fingerprint density at radius 1 is 0.306 bits per heavy atom. The average molecular weight is 791 g/mol. The van der Waals surface area contributed by atoms with Crippen molar-refractivity contribution in [3.8, 4) is 44.8 Å². The largest absolute Gasteiger partial charge is 0.435 e. The fourth-order valence-electron chi connectivity index (χ4n) is 9.19. The third-order valence-corrected chi connectivity index (χ3v) is 12.3. The Morgan fingerprint density at radius 2 is 0.774 bits per heavy atom. The molecule has 0 aliphatic rings. The molecule has 0 saturated carbocycles. The molecule has 0 radical (unpaired) electrons. The minimum atomic E-state index is 0.616. The van der Waals surface area contributed by atoms with Gasteiger partial charge in [0.15, 0.2) is 5.58 Å². The van der Waals surface area contributed by atoms with Crippen molar-refractivity contribution in [1.29, 1.82) is 0 Å². The van der Waals surface area contributed by atoms with Crippen LogP contribution in [0.3, 0.4) is 0 Å². The molecule has 62 heavy (non-hydrogen) atoms. The number of hydrogen-bond donors (Lipinski definition) is 0. The van der Waals surface area contributed by atoms with Gasteiger partial charge in [-0.15, -0.1) is 0 Å². The van der Waals surface area contributed by atoms with Gasteiger partial charge in [-0.25, -0.2) is 4.98 Å². The summed E-state index contributed by atoms with van der Waals surface area (Å²) in [6.07, 6.45) is 0. The van der Waals surface area contributed by atoms with Crippen molar-refractivity contribution in [3.63, 3.8) is 0 Å². The highest BCUT2D eigenvalue weighted by atomic mass is 16.3. The number of fused-ring (bicyclic) bond motifs is 6. The Labute approximate surface area is 359 Å². The van der Waals surface area contributed by atoms with Crippen LogP contribution < -0.4 is 4.90 Å². The molecule has 0 amide bonds. The van der Waals surface area contributed by atoms with E-state index in [1.54, 1.807) is 0 Å². The van der Waals surface area contributed by atoms with Gasteiger partial charge >= 0.3 is 0 Å². The molecule has 1 aromatic heterocycles. The van der Waals surface area contributed by atoms with Crippen LogP contribution in [0.4, 0.5) is 17.1 Å². The van der Waals surface area contributed by atoms with E-state index in [1.807, 2.05) is 6.07 Å². The summed E-state index contributed by atoms with van der Waals surface area (Å²) in [5, 5.41) is 9.44. The summed E-state index contributed by atoms with van der Waals surface area (Å²) < 4.78 is 6.57. The van der Waals surface area contributed by atoms with Gasteiger partial charge in [-0.3, -0.25) is 0 Å². The van der Waals surface area contributed by atoms with Crippen molar-refractivity contribution in [2.24, 2.45) is 0 Å². The van der Waals surface area contributed by atoms with Gasteiger partial charge in [0, 0.05) is 28.0 Å². The van der Waals surface area contributed by atoms with Crippen molar-refractivity contribution in [2.45, 2.75) is 0 Å². The highest BCUT2D eigenvalue weighted by molar-refractivity contribution is 6.15. The number of benzene rings is 11. The van der Waals surface area contributed by atoms with Gasteiger partial charge < -0.3 is 9.32 Å². The van der Waals surface area contributed by atoms with E-state index >= 15 is 0 Å². The quantitative estimate of drug-likeness (QED) is 0.161. The molecule has 0 aliphatic carbocycles. The number of nitrogens with zero attached hydrogens (tertiary/aromatic N) is 2. The molecule has 3 heteroatoms. The van der Waals surface area contributed by atoms with E-state index < -0.39 is 0 Å². The van der Waals surface area contributed by atoms with Crippen LogP contribution in [0.5, 0.6) is 0 Å². The lowest BCUT2D eigenvalue weighted by atomic mass is 9.89. The SMILES string of the molecule is c1ccc(-c2ccc(-c3nc4cc(-c5ccc(-c6ccc(N(c7ccc8ccccc8c7)c7ccc8ccccc8c7)cc6)c6ccccc56)c5ccccc5c4o3)cc2)cc1. The molecule has 12 rings (SSSR count). The fraction of sp³-hybridized carbons (Fsp3) is 0. The van der Waals surface area contributed by atoms with Crippen LogP contribution in [-0.2, 0) is 0 Å². The molecule has 11 aromatic carbocycles. The Morgan fingerprint density at radius 3 is 1.42 bits per heavy atom. The molecule has 0 bridgehead atoms. The Balaban J connectivity index is 0.939. The maximum absolute atomic E-state index is 6.57. The second-order valence-corrected chi connectivity index (χ2v) is 15.9. The number of aromatic nitrogens is 1. The van der Waals surface area contributed by atoms with Gasteiger partial charge in [0.25, 0.3) is 0 Å². The van der Waals surface area contributed by atoms with Crippen LogP contribution in [0.25, 0.3) is 99.0 Å². The van der Waals surface area contributed by atoms with E-state index in [-0.39, 0.29) is 0 Å². The number of hydrogen-bond acceptors (Lipinski definition) is 3. The number of oxazole rings is 1. The Bertz CT molecular complexity index is 3550. The molecular formula is C59H38N2O. The zero-order chi connectivity index (χ0) is 41.0. The lowest BCUT2D eigenvalue weighted by molar-refractivity contribution is 0.623. The first-order chi connectivity index (χ1) is 30.7. The zero-order valence-electron chi connectivity index (χ0n) is 33.7. The molecule has 12 aromatic rings. The van der Waals surface area contributed by atoms with Crippen LogP contribution in [0.1, 0.15) is 0 Å². The molecule has 0 atom stereocenters. The average Bonchev–Trinajstić information content (AvgIpc) is 3.79. The third kappa shape index (κ3) is 6.18. The maximum atomic E-state index is 6.57. The molecule has 1 heterocycles. The summed E-state index contributed by atoms with van der Waals surface area (Å²) in [6.45, 7) is 0. The smallest absolute Gasteiger partial charge is 0.227 e. The van der Waals surface area contributed by atoms with Crippen molar-refractivity contribution in [2.75, 3.05) is 4.90 Å². The molecule has 0 N–H and O–H groups in total. The third-order valence-electron chi connectivity index (χ3n) is 12.3. The molecular weight excluding hydrogens is 753 g/mol. The number of anilines is 3. The Kier molecular flexibility index (Phi) is 8.50. The Hall–Kier alpha value is -8.27. The van der Waals surface area contributed by atoms with Gasteiger partial charge in [-0.1, -0.05) is 176 Å². The van der Waals surface area contributed by atoms with Gasteiger partial charge in [-0.2, -0.15) is 0 Å². The lowest BCUT2D eigenvalue weighted by Crippen LogP contribution is -2.09. The summed E-state index contributed by atoms with van der Waals surface area (Å²) in [6, 6.07) is 82.5. The van der Waals surface area contributed by atoms with E-state index in [9.17, 15) is 0 Å². The normalized spacial score (nSPS) is 11.5. The van der Waals surface area contributed by atoms with E-state index in [0.29, 0.717) is 5.89 Å². The lowest BCUT2D eigenvalue weighted by Gasteiger charge is -2.26. The van der Waals surface area contributed by atoms with Crippen molar-refractivity contribution < 1.29 is 4.42 Å². The van der Waals surface area contributed by atoms with Gasteiger partial charge in [0.05, 0.1) is 0 Å². The molecule has 0 fully saturated rings. The van der Waals surface area contributed by atoms with Gasteiger partial charge in [0.1, 0.15) is 5.52 Å². The number of rotatable bonds is 7. The minimum Gasteiger partial charge on any atom is -0.435 e. The van der Waals surface area contributed by atoms with Crippen LogP contribution in [0.2, 0.25) is 0 Å². The predicted octanol–water partition coefficient (Wildman–Crippen LogP) is 16.6. The van der Waals surface area contributed by atoms with E-state index in [1.165, 1.54) is 43.4 Å². The highest BCUT2D eigenvalue weighted by Gasteiger charge is 2.19. The van der Waals surface area contributed by atoms with E-state index in [4.69, 9.17) is 9.40 Å². The second kappa shape index (κ2) is 14.8. The fourth-order valence-corrected chi connectivity index (χ4v) is 9.19.